The fourth-order valence-electron chi connectivity index (χ4n) is 3.59. The molecule has 0 spiro atoms. The number of nitrogens with zero attached hydrogens (tertiary/aromatic N) is 2. The van der Waals surface area contributed by atoms with Crippen molar-refractivity contribution in [2.75, 3.05) is 40.3 Å². The second-order valence-electron chi connectivity index (χ2n) is 7.68. The van der Waals surface area contributed by atoms with Gasteiger partial charge in [0.2, 0.25) is 0 Å². The van der Waals surface area contributed by atoms with Crippen molar-refractivity contribution in [3.05, 3.63) is 71.3 Å². The molecule has 1 saturated heterocycles. The van der Waals surface area contributed by atoms with Crippen molar-refractivity contribution in [1.82, 2.24) is 15.1 Å². The van der Waals surface area contributed by atoms with Gasteiger partial charge in [0.1, 0.15) is 0 Å². The molecule has 0 bridgehead atoms. The maximum Gasteiger partial charge on any atom is 0.254 e. The van der Waals surface area contributed by atoms with Gasteiger partial charge in [0.25, 0.3) is 5.91 Å². The van der Waals surface area contributed by atoms with Crippen LogP contribution in [-0.4, -0.2) is 56.0 Å². The average Bonchev–Trinajstić information content (AvgIpc) is 2.72. The topological polar surface area (TPSA) is 35.6 Å². The normalized spacial score (nSPS) is 17.1. The third-order valence-corrected chi connectivity index (χ3v) is 5.25. The lowest BCUT2D eigenvalue weighted by molar-refractivity contribution is 0.0732. The van der Waals surface area contributed by atoms with Crippen molar-refractivity contribution in [2.24, 2.45) is 0 Å². The number of hydrogen-bond acceptors (Lipinski definition) is 3. The molecule has 2 aromatic carbocycles. The van der Waals surface area contributed by atoms with Crippen LogP contribution in [0.1, 0.15) is 40.2 Å². The van der Waals surface area contributed by atoms with Gasteiger partial charge in [-0.2, -0.15) is 0 Å². The summed E-state index contributed by atoms with van der Waals surface area (Å²) in [7, 11) is 4.08. The van der Waals surface area contributed by atoms with Crippen molar-refractivity contribution in [1.29, 1.82) is 0 Å². The highest BCUT2D eigenvalue weighted by Crippen LogP contribution is 2.23. The minimum absolute atomic E-state index is 0.106. The van der Waals surface area contributed by atoms with Crippen LogP contribution in [0, 0.1) is 0 Å². The Morgan fingerprint density at radius 2 is 1.78 bits per heavy atom. The summed E-state index contributed by atoms with van der Waals surface area (Å²) in [5.74, 6) is 0.672. The monoisotopic (exact) mass is 365 g/mol. The quantitative estimate of drug-likeness (QED) is 0.817. The summed E-state index contributed by atoms with van der Waals surface area (Å²) in [6.07, 6.45) is 2.45. The number of amides is 1. The Morgan fingerprint density at radius 1 is 1.04 bits per heavy atom. The van der Waals surface area contributed by atoms with E-state index < -0.39 is 0 Å². The maximum absolute atomic E-state index is 13.1. The number of carbonyl (C=O) groups is 1. The van der Waals surface area contributed by atoms with E-state index in [2.05, 4.69) is 34.5 Å². The van der Waals surface area contributed by atoms with Gasteiger partial charge in [-0.25, -0.2) is 0 Å². The van der Waals surface area contributed by atoms with E-state index in [-0.39, 0.29) is 5.91 Å². The van der Waals surface area contributed by atoms with Crippen LogP contribution >= 0.6 is 0 Å². The van der Waals surface area contributed by atoms with Crippen molar-refractivity contribution >= 4 is 5.91 Å². The van der Waals surface area contributed by atoms with Crippen LogP contribution in [0.15, 0.2) is 54.6 Å². The molecule has 4 nitrogen and oxygen atoms in total. The lowest BCUT2D eigenvalue weighted by atomic mass is 9.91. The zero-order chi connectivity index (χ0) is 19.1. The lowest BCUT2D eigenvalue weighted by Gasteiger charge is -2.26. The molecular formula is C23H31N3O. The van der Waals surface area contributed by atoms with Gasteiger partial charge in [-0.15, -0.1) is 0 Å². The fraction of sp³-hybridized carbons (Fsp3) is 0.435. The van der Waals surface area contributed by atoms with Gasteiger partial charge in [-0.1, -0.05) is 42.5 Å². The van der Waals surface area contributed by atoms with E-state index in [0.717, 1.165) is 37.3 Å². The number of hydrogen-bond donors (Lipinski definition) is 1. The Kier molecular flexibility index (Phi) is 7.02. The van der Waals surface area contributed by atoms with E-state index in [1.807, 2.05) is 49.3 Å². The first-order valence-electron chi connectivity index (χ1n) is 9.92. The molecule has 1 fully saturated rings. The zero-order valence-corrected chi connectivity index (χ0v) is 16.5. The van der Waals surface area contributed by atoms with Gasteiger partial charge < -0.3 is 15.1 Å². The molecule has 1 amide bonds. The van der Waals surface area contributed by atoms with Crippen molar-refractivity contribution in [3.63, 3.8) is 0 Å². The first kappa shape index (κ1) is 19.6. The number of benzene rings is 2. The van der Waals surface area contributed by atoms with Gasteiger partial charge in [-0.05, 0) is 62.7 Å². The summed E-state index contributed by atoms with van der Waals surface area (Å²) >= 11 is 0. The molecule has 1 aliphatic heterocycles. The van der Waals surface area contributed by atoms with Gasteiger partial charge in [0, 0.05) is 31.7 Å². The molecule has 1 N–H and O–H groups in total. The molecule has 1 atom stereocenters. The summed E-state index contributed by atoms with van der Waals surface area (Å²) in [6.45, 7) is 4.37. The van der Waals surface area contributed by atoms with Crippen LogP contribution in [0.2, 0.25) is 0 Å². The summed E-state index contributed by atoms with van der Waals surface area (Å²) < 4.78 is 0. The molecule has 1 heterocycles. The highest BCUT2D eigenvalue weighted by atomic mass is 16.2. The molecule has 4 heteroatoms. The molecule has 2 aromatic rings. The summed E-state index contributed by atoms with van der Waals surface area (Å²) in [6, 6.07) is 18.5. The van der Waals surface area contributed by atoms with Gasteiger partial charge in [0.15, 0.2) is 0 Å². The maximum atomic E-state index is 13.1. The summed E-state index contributed by atoms with van der Waals surface area (Å²) in [5, 5.41) is 3.46. The predicted octanol–water partition coefficient (Wildman–Crippen LogP) is 3.36. The van der Waals surface area contributed by atoms with E-state index in [4.69, 9.17) is 0 Å². The number of rotatable bonds is 7. The third-order valence-electron chi connectivity index (χ3n) is 5.25. The molecule has 1 aliphatic rings. The molecule has 3 rings (SSSR count). The van der Waals surface area contributed by atoms with Crippen molar-refractivity contribution in [3.8, 4) is 0 Å². The molecule has 27 heavy (non-hydrogen) atoms. The standard InChI is InChI=1S/C23H31N3O/c1-25(2)15-16-26(18-19-7-4-3-5-8-19)23(27)21-12-10-20(11-13-21)22-9-6-14-24-17-22/h3-5,7-8,10-13,22,24H,6,9,14-18H2,1-2H3/t22-/m0/s1. The van der Waals surface area contributed by atoms with Crippen molar-refractivity contribution in [2.45, 2.75) is 25.3 Å². The average molecular weight is 366 g/mol. The third kappa shape index (κ3) is 5.65. The summed E-state index contributed by atoms with van der Waals surface area (Å²) in [4.78, 5) is 17.2. The highest BCUT2D eigenvalue weighted by molar-refractivity contribution is 5.94. The largest absolute Gasteiger partial charge is 0.333 e. The minimum Gasteiger partial charge on any atom is -0.333 e. The molecular weight excluding hydrogens is 334 g/mol. The molecule has 0 unspecified atom stereocenters. The second-order valence-corrected chi connectivity index (χ2v) is 7.68. The number of piperidine rings is 1. The Labute approximate surface area is 163 Å². The van der Waals surface area contributed by atoms with Gasteiger partial charge in [-0.3, -0.25) is 4.79 Å². The Balaban J connectivity index is 1.71. The fourth-order valence-corrected chi connectivity index (χ4v) is 3.59. The highest BCUT2D eigenvalue weighted by Gasteiger charge is 2.18. The molecule has 0 radical (unpaired) electrons. The molecule has 0 saturated carbocycles. The van der Waals surface area contributed by atoms with Crippen LogP contribution in [-0.2, 0) is 6.54 Å². The first-order chi connectivity index (χ1) is 13.1. The van der Waals surface area contributed by atoms with E-state index in [1.165, 1.54) is 18.4 Å². The Bertz CT molecular complexity index is 706. The van der Waals surface area contributed by atoms with Crippen LogP contribution in [0.25, 0.3) is 0 Å². The SMILES string of the molecule is CN(C)CCN(Cc1ccccc1)C(=O)c1ccc([C@H]2CCCNC2)cc1. The zero-order valence-electron chi connectivity index (χ0n) is 16.5. The Hall–Kier alpha value is -2.17. The molecule has 0 aliphatic carbocycles. The molecule has 144 valence electrons. The smallest absolute Gasteiger partial charge is 0.254 e. The molecule has 0 aromatic heterocycles. The number of carbonyl (C=O) groups excluding carboxylic acids is 1. The predicted molar refractivity (Wildman–Crippen MR) is 111 cm³/mol. The number of nitrogens with one attached hydrogen (secondary N) is 1. The van der Waals surface area contributed by atoms with E-state index >= 15 is 0 Å². The number of likely N-dealkylation sites (N-methyl/N-ethyl adjacent to an activating group) is 1. The van der Waals surface area contributed by atoms with Crippen LogP contribution in [0.4, 0.5) is 0 Å². The van der Waals surface area contributed by atoms with E-state index in [9.17, 15) is 4.79 Å². The first-order valence-corrected chi connectivity index (χ1v) is 9.92. The summed E-state index contributed by atoms with van der Waals surface area (Å²) in [5.41, 5.74) is 3.27. The van der Waals surface area contributed by atoms with E-state index in [0.29, 0.717) is 12.5 Å². The van der Waals surface area contributed by atoms with Crippen LogP contribution in [0.3, 0.4) is 0 Å². The van der Waals surface area contributed by atoms with Crippen molar-refractivity contribution < 1.29 is 4.79 Å². The van der Waals surface area contributed by atoms with Gasteiger partial charge in [0.05, 0.1) is 0 Å². The minimum atomic E-state index is 0.106. The van der Waals surface area contributed by atoms with Crippen LogP contribution in [0.5, 0.6) is 0 Å². The van der Waals surface area contributed by atoms with Gasteiger partial charge >= 0.3 is 0 Å². The lowest BCUT2D eigenvalue weighted by Crippen LogP contribution is -2.36. The Morgan fingerprint density at radius 3 is 2.41 bits per heavy atom. The van der Waals surface area contributed by atoms with E-state index in [1.54, 1.807) is 0 Å². The van der Waals surface area contributed by atoms with Crippen LogP contribution < -0.4 is 5.32 Å². The second kappa shape index (κ2) is 9.67.